The lowest BCUT2D eigenvalue weighted by Crippen LogP contribution is -2.45. The van der Waals surface area contributed by atoms with Crippen LogP contribution in [0, 0.1) is 12.8 Å². The number of hydrogen-bond acceptors (Lipinski definition) is 6. The highest BCUT2D eigenvalue weighted by Crippen LogP contribution is 2.29. The topological polar surface area (TPSA) is 94.2 Å². The molecule has 8 heteroatoms. The summed E-state index contributed by atoms with van der Waals surface area (Å²) < 4.78 is 16.0. The molecule has 3 atom stereocenters. The first-order valence-corrected chi connectivity index (χ1v) is 14.6. The summed E-state index contributed by atoms with van der Waals surface area (Å²) in [6.07, 6.45) is 0.167. The molecular weight excluding hydrogens is 532 g/mol. The molecule has 0 spiro atoms. The molecule has 0 aliphatic heterocycles. The second kappa shape index (κ2) is 15.9. The Kier molecular flexibility index (Phi) is 12.4. The second-order valence-corrected chi connectivity index (χ2v) is 11.1. The predicted octanol–water partition coefficient (Wildman–Crippen LogP) is 6.35. The van der Waals surface area contributed by atoms with Gasteiger partial charge >= 0.3 is 12.1 Å². The van der Waals surface area contributed by atoms with Crippen LogP contribution in [0.15, 0.2) is 66.7 Å². The third-order valence-electron chi connectivity index (χ3n) is 7.07. The lowest BCUT2D eigenvalue weighted by Gasteiger charge is -2.31. The van der Waals surface area contributed by atoms with Gasteiger partial charge in [-0.2, -0.15) is 0 Å². The summed E-state index contributed by atoms with van der Waals surface area (Å²) in [5, 5.41) is 4.79. The maximum Gasteiger partial charge on any atom is 0.413 e. The van der Waals surface area contributed by atoms with Crippen molar-refractivity contribution in [3.8, 4) is 0 Å². The zero-order valence-electron chi connectivity index (χ0n) is 25.6. The molecule has 0 saturated carbocycles. The van der Waals surface area contributed by atoms with Gasteiger partial charge in [0.05, 0.1) is 6.04 Å². The first-order chi connectivity index (χ1) is 20.1. The molecule has 3 aromatic rings. The molecule has 3 rings (SSSR count). The molecule has 0 aliphatic rings. The molecule has 8 nitrogen and oxygen atoms in total. The Morgan fingerprint density at radius 2 is 1.62 bits per heavy atom. The number of hydrogen-bond donors (Lipinski definition) is 1. The van der Waals surface area contributed by atoms with Crippen LogP contribution in [0.4, 0.5) is 4.79 Å². The number of benzene rings is 3. The molecule has 1 unspecified atom stereocenters. The van der Waals surface area contributed by atoms with Crippen molar-refractivity contribution in [3.63, 3.8) is 0 Å². The number of amides is 2. The number of nitrogens with zero attached hydrogens (tertiary/aromatic N) is 1. The van der Waals surface area contributed by atoms with E-state index in [-0.39, 0.29) is 18.6 Å². The highest BCUT2D eigenvalue weighted by Gasteiger charge is 2.29. The van der Waals surface area contributed by atoms with E-state index in [0.29, 0.717) is 13.0 Å². The molecule has 0 fully saturated rings. The maximum atomic E-state index is 13.6. The molecule has 1 N–H and O–H groups in total. The molecular formula is C34H44N2O6. The minimum absolute atomic E-state index is 0.119. The average molecular weight is 577 g/mol. The first-order valence-electron chi connectivity index (χ1n) is 14.6. The van der Waals surface area contributed by atoms with Crippen molar-refractivity contribution in [2.24, 2.45) is 5.92 Å². The molecule has 0 heterocycles. The normalized spacial score (nSPS) is 13.3. The Labute approximate surface area is 249 Å². The van der Waals surface area contributed by atoms with E-state index in [9.17, 15) is 14.4 Å². The first kappa shape index (κ1) is 32.6. The number of esters is 1. The Hall–Kier alpha value is -3.91. The van der Waals surface area contributed by atoms with E-state index in [1.165, 1.54) is 25.2 Å². The third-order valence-corrected chi connectivity index (χ3v) is 7.07. The lowest BCUT2D eigenvalue weighted by molar-refractivity contribution is -0.170. The van der Waals surface area contributed by atoms with E-state index in [0.717, 1.165) is 29.2 Å². The Morgan fingerprint density at radius 3 is 2.33 bits per heavy atom. The Bertz CT molecular complexity index is 1340. The van der Waals surface area contributed by atoms with E-state index < -0.39 is 30.3 Å². The van der Waals surface area contributed by atoms with E-state index in [1.807, 2.05) is 63.2 Å². The fourth-order valence-electron chi connectivity index (χ4n) is 5.08. The van der Waals surface area contributed by atoms with Gasteiger partial charge in [-0.3, -0.25) is 4.79 Å². The highest BCUT2D eigenvalue weighted by atomic mass is 16.7. The number of methoxy groups -OCH3 is 1. The number of nitrogens with one attached hydrogen (secondary N) is 1. The van der Waals surface area contributed by atoms with Crippen LogP contribution in [0.5, 0.6) is 0 Å². The Balaban J connectivity index is 1.75. The average Bonchev–Trinajstić information content (AvgIpc) is 2.94. The fourth-order valence-corrected chi connectivity index (χ4v) is 5.08. The standard InChI is InChI=1S/C34H44N2O6/c1-23(2)20-31(35-32(37)22-40-6)33(38)41-26(5)42-34(39)36(19-11-14-27-13-9-12-24(3)21-27)25(4)29-18-10-16-28-15-7-8-17-30(28)29/h7-10,12-13,15-18,21,23,25-26,31H,11,14,19-20,22H2,1-6H3,(H,35,37)/t25-,26?,31-/m1/s1. The van der Waals surface area contributed by atoms with Crippen LogP contribution >= 0.6 is 0 Å². The molecule has 0 aliphatic carbocycles. The number of carbonyl (C=O) groups excluding carboxylic acids is 3. The van der Waals surface area contributed by atoms with Gasteiger partial charge in [-0.1, -0.05) is 86.1 Å². The van der Waals surface area contributed by atoms with Crippen LogP contribution in [0.2, 0.25) is 0 Å². The van der Waals surface area contributed by atoms with Gasteiger partial charge in [-0.05, 0) is 60.9 Å². The number of ether oxygens (including phenoxy) is 3. The minimum atomic E-state index is -1.15. The zero-order chi connectivity index (χ0) is 30.6. The molecule has 3 aromatic carbocycles. The van der Waals surface area contributed by atoms with Crippen LogP contribution in [-0.4, -0.2) is 55.5 Å². The van der Waals surface area contributed by atoms with Crippen molar-refractivity contribution >= 4 is 28.7 Å². The second-order valence-electron chi connectivity index (χ2n) is 11.1. The van der Waals surface area contributed by atoms with Gasteiger partial charge in [0.1, 0.15) is 12.6 Å². The van der Waals surface area contributed by atoms with Crippen LogP contribution in [-0.2, 0) is 30.2 Å². The quantitative estimate of drug-likeness (QED) is 0.178. The maximum absolute atomic E-state index is 13.6. The van der Waals surface area contributed by atoms with Crippen molar-refractivity contribution in [1.29, 1.82) is 0 Å². The number of rotatable bonds is 14. The molecule has 42 heavy (non-hydrogen) atoms. The monoisotopic (exact) mass is 576 g/mol. The van der Waals surface area contributed by atoms with Gasteiger partial charge in [0.15, 0.2) is 0 Å². The third kappa shape index (κ3) is 9.58. The van der Waals surface area contributed by atoms with Crippen molar-refractivity contribution in [2.75, 3.05) is 20.3 Å². The van der Waals surface area contributed by atoms with Crippen LogP contribution in [0.25, 0.3) is 10.8 Å². The van der Waals surface area contributed by atoms with Gasteiger partial charge < -0.3 is 24.4 Å². The summed E-state index contributed by atoms with van der Waals surface area (Å²) in [4.78, 5) is 40.3. The smallest absolute Gasteiger partial charge is 0.413 e. The molecule has 226 valence electrons. The van der Waals surface area contributed by atoms with Crippen LogP contribution in [0.3, 0.4) is 0 Å². The lowest BCUT2D eigenvalue weighted by atomic mass is 9.98. The van der Waals surface area contributed by atoms with Crippen molar-refractivity contribution in [3.05, 3.63) is 83.4 Å². The molecule has 2 amide bonds. The van der Waals surface area contributed by atoms with Crippen molar-refractivity contribution in [1.82, 2.24) is 10.2 Å². The number of aryl methyl sites for hydroxylation is 2. The van der Waals surface area contributed by atoms with E-state index >= 15 is 0 Å². The largest absolute Gasteiger partial charge is 0.424 e. The van der Waals surface area contributed by atoms with Gasteiger partial charge in [0, 0.05) is 20.6 Å². The summed E-state index contributed by atoms with van der Waals surface area (Å²) >= 11 is 0. The summed E-state index contributed by atoms with van der Waals surface area (Å²) in [6, 6.07) is 21.3. The van der Waals surface area contributed by atoms with E-state index in [1.54, 1.807) is 4.90 Å². The van der Waals surface area contributed by atoms with Crippen molar-refractivity contribution < 1.29 is 28.6 Å². The molecule has 0 bridgehead atoms. The fraction of sp³-hybridized carbons (Fsp3) is 0.441. The minimum Gasteiger partial charge on any atom is -0.424 e. The molecule has 0 saturated heterocycles. The molecule has 0 radical (unpaired) electrons. The zero-order valence-corrected chi connectivity index (χ0v) is 25.6. The van der Waals surface area contributed by atoms with Crippen LogP contribution in [0.1, 0.15) is 63.3 Å². The summed E-state index contributed by atoms with van der Waals surface area (Å²) in [5.41, 5.74) is 3.40. The number of fused-ring (bicyclic) bond motifs is 1. The predicted molar refractivity (Wildman–Crippen MR) is 164 cm³/mol. The van der Waals surface area contributed by atoms with Gasteiger partial charge in [-0.25, -0.2) is 9.59 Å². The van der Waals surface area contributed by atoms with E-state index in [2.05, 4.69) is 36.5 Å². The van der Waals surface area contributed by atoms with Crippen LogP contribution < -0.4 is 5.32 Å². The molecule has 0 aromatic heterocycles. The number of carbonyl (C=O) groups is 3. The SMILES string of the molecule is COCC(=O)N[C@H](CC(C)C)C(=O)OC(C)OC(=O)N(CCCc1cccc(C)c1)[C@H](C)c1cccc2ccccc12. The van der Waals surface area contributed by atoms with Gasteiger partial charge in [-0.15, -0.1) is 0 Å². The summed E-state index contributed by atoms with van der Waals surface area (Å²) in [7, 11) is 1.41. The van der Waals surface area contributed by atoms with Gasteiger partial charge in [0.25, 0.3) is 0 Å². The summed E-state index contributed by atoms with van der Waals surface area (Å²) in [5.74, 6) is -0.969. The Morgan fingerprint density at radius 1 is 0.905 bits per heavy atom. The summed E-state index contributed by atoms with van der Waals surface area (Å²) in [6.45, 7) is 9.71. The van der Waals surface area contributed by atoms with Gasteiger partial charge in [0.2, 0.25) is 12.2 Å². The van der Waals surface area contributed by atoms with Crippen molar-refractivity contribution in [2.45, 2.75) is 72.3 Å². The highest BCUT2D eigenvalue weighted by molar-refractivity contribution is 5.87. The van der Waals surface area contributed by atoms with E-state index in [4.69, 9.17) is 14.2 Å².